The number of halogens is 3. The van der Waals surface area contributed by atoms with Crippen LogP contribution >= 0.6 is 0 Å². The highest BCUT2D eigenvalue weighted by Gasteiger charge is 2.48. The molecule has 5 rings (SSSR count). The number of hydrogen-bond acceptors (Lipinski definition) is 5. The van der Waals surface area contributed by atoms with Crippen LogP contribution in [-0.2, 0) is 9.59 Å². The minimum atomic E-state index is -4.50. The predicted octanol–water partition coefficient (Wildman–Crippen LogP) is 5.21. The van der Waals surface area contributed by atoms with Crippen LogP contribution in [0.15, 0.2) is 30.5 Å². The first-order valence-corrected chi connectivity index (χ1v) is 14.8. The Balaban J connectivity index is 0.00000198. The molecule has 2 heterocycles. The minimum Gasteiger partial charge on any atom is -0.493 e. The van der Waals surface area contributed by atoms with Crippen molar-refractivity contribution in [1.82, 2.24) is 20.4 Å². The van der Waals surface area contributed by atoms with Gasteiger partial charge in [0, 0.05) is 29.6 Å². The second-order valence-electron chi connectivity index (χ2n) is 11.2. The normalized spacial score (nSPS) is 18.7. The molecular weight excluding hydrogens is 551 g/mol. The first-order valence-electron chi connectivity index (χ1n) is 14.8. The number of aromatic nitrogens is 2. The van der Waals surface area contributed by atoms with E-state index in [1.54, 1.807) is 35.1 Å². The zero-order chi connectivity index (χ0) is 30.6. The summed E-state index contributed by atoms with van der Waals surface area (Å²) < 4.78 is 45.1. The number of nitrogens with zero attached hydrogens (tertiary/aromatic N) is 2. The van der Waals surface area contributed by atoms with Crippen LogP contribution in [0.3, 0.4) is 0 Å². The van der Waals surface area contributed by atoms with Crippen molar-refractivity contribution >= 4 is 23.4 Å². The molecule has 1 aromatic heterocycles. The second-order valence-corrected chi connectivity index (χ2v) is 11.2. The largest absolute Gasteiger partial charge is 0.493 e. The molecule has 3 N–H and O–H groups in total. The van der Waals surface area contributed by atoms with E-state index < -0.39 is 30.6 Å². The van der Waals surface area contributed by atoms with Crippen LogP contribution in [0, 0.1) is 17.8 Å². The van der Waals surface area contributed by atoms with Crippen molar-refractivity contribution in [1.29, 1.82) is 0 Å². The van der Waals surface area contributed by atoms with E-state index in [1.807, 2.05) is 33.0 Å². The van der Waals surface area contributed by atoms with Crippen LogP contribution in [-0.4, -0.2) is 52.9 Å². The fourth-order valence-corrected chi connectivity index (χ4v) is 5.62. The summed E-state index contributed by atoms with van der Waals surface area (Å²) >= 11 is 0. The van der Waals surface area contributed by atoms with Gasteiger partial charge in [-0.1, -0.05) is 19.9 Å². The molecule has 0 spiro atoms. The van der Waals surface area contributed by atoms with E-state index in [4.69, 9.17) is 4.74 Å². The summed E-state index contributed by atoms with van der Waals surface area (Å²) in [5.74, 6) is -1.11. The fraction of sp³-hybridized carbons (Fsp3) is 0.600. The van der Waals surface area contributed by atoms with Gasteiger partial charge in [0.1, 0.15) is 24.0 Å². The van der Waals surface area contributed by atoms with E-state index in [1.165, 1.54) is 0 Å². The van der Waals surface area contributed by atoms with Crippen molar-refractivity contribution < 1.29 is 32.3 Å². The molecule has 2 aliphatic carbocycles. The van der Waals surface area contributed by atoms with Gasteiger partial charge in [0.25, 0.3) is 5.91 Å². The van der Waals surface area contributed by atoms with Gasteiger partial charge in [-0.05, 0) is 75.8 Å². The molecule has 2 atom stereocenters. The summed E-state index contributed by atoms with van der Waals surface area (Å²) in [4.78, 5) is 39.5. The third-order valence-electron chi connectivity index (χ3n) is 7.78. The molecule has 42 heavy (non-hydrogen) atoms. The van der Waals surface area contributed by atoms with Crippen molar-refractivity contribution in [3.05, 3.63) is 41.7 Å². The molecule has 9 nitrogen and oxygen atoms in total. The van der Waals surface area contributed by atoms with Crippen LogP contribution < -0.4 is 20.7 Å². The van der Waals surface area contributed by atoms with E-state index in [2.05, 4.69) is 15.7 Å². The minimum absolute atomic E-state index is 0.0231. The Morgan fingerprint density at radius 2 is 1.71 bits per heavy atom. The molecule has 3 aliphatic rings. The number of ether oxygens (including phenoxy) is 1. The lowest BCUT2D eigenvalue weighted by atomic mass is 9.88. The molecule has 2 aromatic rings. The number of alkyl halides is 3. The van der Waals surface area contributed by atoms with E-state index in [-0.39, 0.29) is 36.8 Å². The van der Waals surface area contributed by atoms with Crippen LogP contribution in [0.25, 0.3) is 0 Å². The Labute approximate surface area is 243 Å². The summed E-state index contributed by atoms with van der Waals surface area (Å²) in [7, 11) is 0. The van der Waals surface area contributed by atoms with Crippen molar-refractivity contribution in [3.8, 4) is 5.75 Å². The Hall–Kier alpha value is -3.57. The standard InChI is InChI=1S/C28H34F3N5O4.C2H6/c1-15(2)36-21(9-11-33-36)26(38)35-24(23(16-3-4-16)17-5-6-17)27(39)34-18-7-8-19-20(10-12-40-22(19)13-18)25(37)32-14-28(29,30)31;1-2/h7-9,11,13,15-17,20,23-24H,3-6,10,12,14H2,1-2H3,(H,32,37)(H,34,39)(H,35,38);1-2H3. The molecule has 3 amide bonds. The lowest BCUT2D eigenvalue weighted by molar-refractivity contribution is -0.139. The fourth-order valence-electron chi connectivity index (χ4n) is 5.62. The Morgan fingerprint density at radius 1 is 1.05 bits per heavy atom. The lowest BCUT2D eigenvalue weighted by Crippen LogP contribution is -2.50. The van der Waals surface area contributed by atoms with Gasteiger partial charge in [-0.25, -0.2) is 0 Å². The number of fused-ring (bicyclic) bond motifs is 1. The van der Waals surface area contributed by atoms with Gasteiger partial charge in [0.15, 0.2) is 0 Å². The van der Waals surface area contributed by atoms with Gasteiger partial charge < -0.3 is 20.7 Å². The highest BCUT2D eigenvalue weighted by atomic mass is 19.4. The number of hydrogen-bond donors (Lipinski definition) is 3. The lowest BCUT2D eigenvalue weighted by Gasteiger charge is -2.28. The summed E-state index contributed by atoms with van der Waals surface area (Å²) in [6.07, 6.45) is 1.40. The number of amides is 3. The first-order chi connectivity index (χ1) is 20.0. The maximum atomic E-state index is 13.7. The zero-order valence-corrected chi connectivity index (χ0v) is 24.5. The van der Waals surface area contributed by atoms with Gasteiger partial charge in [0.2, 0.25) is 11.8 Å². The molecule has 1 aromatic carbocycles. The van der Waals surface area contributed by atoms with Crippen molar-refractivity contribution in [2.45, 2.75) is 84.0 Å². The average Bonchev–Trinajstić information content (AvgIpc) is 3.90. The Bertz CT molecular complexity index is 1260. The average molecular weight is 592 g/mol. The summed E-state index contributed by atoms with van der Waals surface area (Å²) in [5, 5.41) is 12.1. The predicted molar refractivity (Wildman–Crippen MR) is 151 cm³/mol. The van der Waals surface area contributed by atoms with Crippen molar-refractivity contribution in [2.75, 3.05) is 18.5 Å². The maximum absolute atomic E-state index is 13.7. The summed E-state index contributed by atoms with van der Waals surface area (Å²) in [5.41, 5.74) is 1.26. The molecule has 2 unspecified atom stereocenters. The van der Waals surface area contributed by atoms with Crippen LogP contribution in [0.1, 0.15) is 87.8 Å². The number of rotatable bonds is 10. The molecule has 1 aliphatic heterocycles. The second kappa shape index (κ2) is 13.2. The molecule has 0 radical (unpaired) electrons. The number of benzene rings is 1. The van der Waals surface area contributed by atoms with Crippen LogP contribution in [0.2, 0.25) is 0 Å². The van der Waals surface area contributed by atoms with Gasteiger partial charge in [-0.15, -0.1) is 0 Å². The monoisotopic (exact) mass is 591 g/mol. The van der Waals surface area contributed by atoms with E-state index in [0.29, 0.717) is 34.5 Å². The third kappa shape index (κ3) is 7.63. The quantitative estimate of drug-likeness (QED) is 0.351. The van der Waals surface area contributed by atoms with Gasteiger partial charge in [0.05, 0.1) is 12.5 Å². The Kier molecular flexibility index (Phi) is 9.83. The molecular formula is C30H40F3N5O4. The first kappa shape index (κ1) is 31.4. The van der Waals surface area contributed by atoms with E-state index >= 15 is 0 Å². The summed E-state index contributed by atoms with van der Waals surface area (Å²) in [6.45, 7) is 6.60. The molecule has 230 valence electrons. The van der Waals surface area contributed by atoms with E-state index in [0.717, 1.165) is 25.7 Å². The summed E-state index contributed by atoms with van der Waals surface area (Å²) in [6, 6.07) is 5.63. The zero-order valence-electron chi connectivity index (χ0n) is 24.5. The highest BCUT2D eigenvalue weighted by Crippen LogP contribution is 2.51. The van der Waals surface area contributed by atoms with Gasteiger partial charge in [-0.3, -0.25) is 19.1 Å². The van der Waals surface area contributed by atoms with Gasteiger partial charge >= 0.3 is 6.18 Å². The topological polar surface area (TPSA) is 114 Å². The van der Waals surface area contributed by atoms with Crippen LogP contribution in [0.5, 0.6) is 5.75 Å². The number of carbonyl (C=O) groups is 3. The number of carbonyl (C=O) groups excluding carboxylic acids is 3. The van der Waals surface area contributed by atoms with E-state index in [9.17, 15) is 27.6 Å². The highest BCUT2D eigenvalue weighted by molar-refractivity contribution is 6.01. The van der Waals surface area contributed by atoms with Gasteiger partial charge in [-0.2, -0.15) is 18.3 Å². The Morgan fingerprint density at radius 3 is 2.31 bits per heavy atom. The molecule has 2 fully saturated rings. The molecule has 0 bridgehead atoms. The van der Waals surface area contributed by atoms with Crippen LogP contribution in [0.4, 0.5) is 18.9 Å². The van der Waals surface area contributed by atoms with Crippen molar-refractivity contribution in [3.63, 3.8) is 0 Å². The SMILES string of the molecule is CC.CC(C)n1nccc1C(=O)NC(C(=O)Nc1ccc2c(c1)OCCC2C(=O)NCC(F)(F)F)C(C1CC1)C1CC1. The molecule has 0 saturated heterocycles. The van der Waals surface area contributed by atoms with Crippen molar-refractivity contribution in [2.24, 2.45) is 17.8 Å². The maximum Gasteiger partial charge on any atom is 0.405 e. The number of nitrogens with one attached hydrogen (secondary N) is 3. The molecule has 12 heteroatoms. The molecule has 2 saturated carbocycles. The third-order valence-corrected chi connectivity index (χ3v) is 7.78. The number of anilines is 1. The smallest absolute Gasteiger partial charge is 0.405 e.